The van der Waals surface area contributed by atoms with Gasteiger partial charge < -0.3 is 10.2 Å². The predicted molar refractivity (Wildman–Crippen MR) is 86.7 cm³/mol. The van der Waals surface area contributed by atoms with Gasteiger partial charge in [0.15, 0.2) is 0 Å². The number of pyridine rings is 1. The van der Waals surface area contributed by atoms with E-state index in [-0.39, 0.29) is 10.6 Å². The monoisotopic (exact) mass is 356 g/mol. The van der Waals surface area contributed by atoms with Gasteiger partial charge in [0.1, 0.15) is 11.9 Å². The standard InChI is InChI=1S/C14H21BrN4O2/c1-10(2)8-18(9-11-4-3-5-17-11)14-12(15)6-16-7-13(14)19(20)21/h6-7,10-11,17H,3-5,8-9H2,1-2H3. The van der Waals surface area contributed by atoms with Crippen molar-refractivity contribution in [3.63, 3.8) is 0 Å². The summed E-state index contributed by atoms with van der Waals surface area (Å²) in [4.78, 5) is 17.0. The normalized spacial score (nSPS) is 18.2. The maximum Gasteiger partial charge on any atom is 0.311 e. The molecule has 1 atom stereocenters. The van der Waals surface area contributed by atoms with Gasteiger partial charge in [-0.05, 0) is 41.2 Å². The van der Waals surface area contributed by atoms with E-state index in [1.807, 2.05) is 0 Å². The third-order valence-corrected chi connectivity index (χ3v) is 4.14. The Morgan fingerprint density at radius 2 is 2.33 bits per heavy atom. The van der Waals surface area contributed by atoms with Gasteiger partial charge in [-0.3, -0.25) is 15.1 Å². The molecule has 1 unspecified atom stereocenters. The van der Waals surface area contributed by atoms with Crippen molar-refractivity contribution in [2.24, 2.45) is 5.92 Å². The highest BCUT2D eigenvalue weighted by Crippen LogP contribution is 2.35. The lowest BCUT2D eigenvalue weighted by molar-refractivity contribution is -0.384. The minimum Gasteiger partial charge on any atom is -0.363 e. The average Bonchev–Trinajstić information content (AvgIpc) is 2.90. The molecule has 1 N–H and O–H groups in total. The number of hydrogen-bond donors (Lipinski definition) is 1. The van der Waals surface area contributed by atoms with Crippen LogP contribution in [0, 0.1) is 16.0 Å². The molecule has 1 fully saturated rings. The summed E-state index contributed by atoms with van der Waals surface area (Å²) in [5.41, 5.74) is 0.695. The van der Waals surface area contributed by atoms with E-state index in [0.29, 0.717) is 22.1 Å². The molecule has 0 spiro atoms. The predicted octanol–water partition coefficient (Wildman–Crippen LogP) is 2.97. The third-order valence-electron chi connectivity index (χ3n) is 3.56. The molecule has 2 rings (SSSR count). The highest BCUT2D eigenvalue weighted by Gasteiger charge is 2.26. The summed E-state index contributed by atoms with van der Waals surface area (Å²) in [7, 11) is 0. The Morgan fingerprint density at radius 1 is 1.57 bits per heavy atom. The summed E-state index contributed by atoms with van der Waals surface area (Å²) in [6.07, 6.45) is 5.23. The highest BCUT2D eigenvalue weighted by atomic mass is 79.9. The average molecular weight is 357 g/mol. The number of aromatic nitrogens is 1. The van der Waals surface area contributed by atoms with Gasteiger partial charge in [-0.25, -0.2) is 0 Å². The maximum atomic E-state index is 11.3. The molecule has 2 heterocycles. The van der Waals surface area contributed by atoms with Crippen molar-refractivity contribution in [3.05, 3.63) is 27.0 Å². The molecule has 7 heteroatoms. The van der Waals surface area contributed by atoms with E-state index in [4.69, 9.17) is 0 Å². The molecule has 0 aromatic carbocycles. The number of halogens is 1. The fraction of sp³-hybridized carbons (Fsp3) is 0.643. The van der Waals surface area contributed by atoms with Crippen molar-refractivity contribution in [1.82, 2.24) is 10.3 Å². The van der Waals surface area contributed by atoms with Gasteiger partial charge in [0.05, 0.1) is 9.40 Å². The Bertz CT molecular complexity index is 504. The van der Waals surface area contributed by atoms with Crippen LogP contribution in [-0.4, -0.2) is 35.6 Å². The molecule has 21 heavy (non-hydrogen) atoms. The van der Waals surface area contributed by atoms with Crippen LogP contribution < -0.4 is 10.2 Å². The molecule has 0 bridgehead atoms. The van der Waals surface area contributed by atoms with Gasteiger partial charge in [-0.15, -0.1) is 0 Å². The fourth-order valence-electron chi connectivity index (χ4n) is 2.74. The molecule has 116 valence electrons. The van der Waals surface area contributed by atoms with E-state index in [0.717, 1.165) is 26.1 Å². The van der Waals surface area contributed by atoms with Crippen molar-refractivity contribution in [2.75, 3.05) is 24.5 Å². The van der Waals surface area contributed by atoms with Gasteiger partial charge >= 0.3 is 5.69 Å². The first-order chi connectivity index (χ1) is 9.99. The van der Waals surface area contributed by atoms with Crippen LogP contribution >= 0.6 is 15.9 Å². The Balaban J connectivity index is 2.32. The van der Waals surface area contributed by atoms with Crippen LogP contribution in [0.25, 0.3) is 0 Å². The fourth-order valence-corrected chi connectivity index (χ4v) is 3.31. The number of nitrogens with zero attached hydrogens (tertiary/aromatic N) is 3. The van der Waals surface area contributed by atoms with Crippen molar-refractivity contribution in [2.45, 2.75) is 32.7 Å². The first-order valence-electron chi connectivity index (χ1n) is 7.25. The lowest BCUT2D eigenvalue weighted by atomic mass is 10.1. The molecular weight excluding hydrogens is 336 g/mol. The Labute approximate surface area is 133 Å². The van der Waals surface area contributed by atoms with E-state index in [1.54, 1.807) is 6.20 Å². The Hall–Kier alpha value is -1.21. The first kappa shape index (κ1) is 16.2. The Morgan fingerprint density at radius 3 is 2.90 bits per heavy atom. The van der Waals surface area contributed by atoms with E-state index >= 15 is 0 Å². The summed E-state index contributed by atoms with van der Waals surface area (Å²) < 4.78 is 0.676. The van der Waals surface area contributed by atoms with Crippen molar-refractivity contribution in [3.8, 4) is 0 Å². The largest absolute Gasteiger partial charge is 0.363 e. The van der Waals surface area contributed by atoms with E-state index in [2.05, 4.69) is 45.0 Å². The molecule has 0 aliphatic carbocycles. The van der Waals surface area contributed by atoms with Gasteiger partial charge in [0.25, 0.3) is 0 Å². The molecule has 0 amide bonds. The van der Waals surface area contributed by atoms with Crippen LogP contribution in [0.4, 0.5) is 11.4 Å². The van der Waals surface area contributed by atoms with Crippen LogP contribution in [0.2, 0.25) is 0 Å². The van der Waals surface area contributed by atoms with Crippen LogP contribution in [0.15, 0.2) is 16.9 Å². The summed E-state index contributed by atoms with van der Waals surface area (Å²) >= 11 is 3.43. The summed E-state index contributed by atoms with van der Waals surface area (Å²) in [5, 5.41) is 14.8. The lowest BCUT2D eigenvalue weighted by Gasteiger charge is -2.29. The second-order valence-corrected chi connectivity index (χ2v) is 6.69. The first-order valence-corrected chi connectivity index (χ1v) is 8.04. The third kappa shape index (κ3) is 4.14. The number of nitrogens with one attached hydrogen (secondary N) is 1. The highest BCUT2D eigenvalue weighted by molar-refractivity contribution is 9.10. The van der Waals surface area contributed by atoms with Crippen molar-refractivity contribution < 1.29 is 4.92 Å². The van der Waals surface area contributed by atoms with Crippen LogP contribution in [0.1, 0.15) is 26.7 Å². The van der Waals surface area contributed by atoms with Crippen LogP contribution in [0.5, 0.6) is 0 Å². The Kier molecular flexibility index (Phi) is 5.52. The van der Waals surface area contributed by atoms with Gasteiger partial charge in [-0.1, -0.05) is 13.8 Å². The molecular formula is C14H21BrN4O2. The molecule has 0 radical (unpaired) electrons. The number of nitro groups is 1. The smallest absolute Gasteiger partial charge is 0.311 e. The van der Waals surface area contributed by atoms with Gasteiger partial charge in [0, 0.05) is 25.3 Å². The maximum absolute atomic E-state index is 11.3. The van der Waals surface area contributed by atoms with Crippen molar-refractivity contribution in [1.29, 1.82) is 0 Å². The molecule has 1 saturated heterocycles. The second-order valence-electron chi connectivity index (χ2n) is 5.84. The molecule has 0 saturated carbocycles. The zero-order valence-corrected chi connectivity index (χ0v) is 14.0. The zero-order chi connectivity index (χ0) is 15.4. The lowest BCUT2D eigenvalue weighted by Crippen LogP contribution is -2.40. The van der Waals surface area contributed by atoms with Crippen molar-refractivity contribution >= 4 is 27.3 Å². The second kappa shape index (κ2) is 7.17. The van der Waals surface area contributed by atoms with E-state index < -0.39 is 0 Å². The molecule has 1 aliphatic rings. The molecule has 1 aromatic heterocycles. The van der Waals surface area contributed by atoms with Gasteiger partial charge in [-0.2, -0.15) is 0 Å². The minimum absolute atomic E-state index is 0.0584. The van der Waals surface area contributed by atoms with E-state index in [9.17, 15) is 10.1 Å². The zero-order valence-electron chi connectivity index (χ0n) is 12.4. The van der Waals surface area contributed by atoms with Crippen LogP contribution in [0.3, 0.4) is 0 Å². The number of rotatable bonds is 6. The molecule has 1 aromatic rings. The molecule has 6 nitrogen and oxygen atoms in total. The van der Waals surface area contributed by atoms with Gasteiger partial charge in [0.2, 0.25) is 0 Å². The summed E-state index contributed by atoms with van der Waals surface area (Å²) in [6, 6.07) is 0.392. The quantitative estimate of drug-likeness (QED) is 0.626. The minimum atomic E-state index is -0.359. The molecule has 1 aliphatic heterocycles. The number of anilines is 1. The van der Waals surface area contributed by atoms with E-state index in [1.165, 1.54) is 12.6 Å². The summed E-state index contributed by atoms with van der Waals surface area (Å²) in [6.45, 7) is 6.83. The number of hydrogen-bond acceptors (Lipinski definition) is 5. The summed E-state index contributed by atoms with van der Waals surface area (Å²) in [5.74, 6) is 0.422. The SMILES string of the molecule is CC(C)CN(CC1CCCN1)c1c(Br)cncc1[N+](=O)[O-]. The van der Waals surface area contributed by atoms with Crippen LogP contribution in [-0.2, 0) is 0 Å². The topological polar surface area (TPSA) is 71.3 Å².